The van der Waals surface area contributed by atoms with Crippen LogP contribution in [0.15, 0.2) is 48.5 Å². The van der Waals surface area contributed by atoms with E-state index < -0.39 is 5.82 Å². The molecule has 0 radical (unpaired) electrons. The summed E-state index contributed by atoms with van der Waals surface area (Å²) in [6.07, 6.45) is 0.999. The SMILES string of the molecule is Fc1ccc(NC(=S)N(CCCN2CCOCC2)Cc2ccccc2)cc1Cl. The minimum Gasteiger partial charge on any atom is -0.379 e. The molecule has 0 unspecified atom stereocenters. The monoisotopic (exact) mass is 421 g/mol. The van der Waals surface area contributed by atoms with Crippen LogP contribution < -0.4 is 5.32 Å². The van der Waals surface area contributed by atoms with Crippen molar-refractivity contribution < 1.29 is 9.13 Å². The Balaban J connectivity index is 1.61. The standard InChI is InChI=1S/C21H25ClFN3OS/c22-19-15-18(7-8-20(19)23)24-21(28)26(16-17-5-2-1-3-6-17)10-4-9-25-11-13-27-14-12-25/h1-3,5-8,15H,4,9-14,16H2,(H,24,28). The van der Waals surface area contributed by atoms with Crippen molar-refractivity contribution in [3.8, 4) is 0 Å². The molecule has 0 aliphatic carbocycles. The summed E-state index contributed by atoms with van der Waals surface area (Å²) in [5.41, 5.74) is 1.87. The minimum absolute atomic E-state index is 0.0785. The van der Waals surface area contributed by atoms with Crippen molar-refractivity contribution in [1.29, 1.82) is 0 Å². The zero-order valence-corrected chi connectivity index (χ0v) is 17.3. The highest BCUT2D eigenvalue weighted by molar-refractivity contribution is 7.80. The van der Waals surface area contributed by atoms with Crippen LogP contribution in [0, 0.1) is 5.82 Å². The molecule has 0 bridgehead atoms. The number of nitrogens with zero attached hydrogens (tertiary/aromatic N) is 2. The van der Waals surface area contributed by atoms with Gasteiger partial charge in [0.25, 0.3) is 0 Å². The van der Waals surface area contributed by atoms with Crippen LogP contribution in [0.2, 0.25) is 5.02 Å². The molecule has 0 amide bonds. The number of benzene rings is 2. The van der Waals surface area contributed by atoms with Crippen molar-refractivity contribution in [2.45, 2.75) is 13.0 Å². The average Bonchev–Trinajstić information content (AvgIpc) is 2.71. The second-order valence-electron chi connectivity index (χ2n) is 6.77. The Morgan fingerprint density at radius 2 is 1.93 bits per heavy atom. The predicted molar refractivity (Wildman–Crippen MR) is 116 cm³/mol. The Hall–Kier alpha value is -1.73. The van der Waals surface area contributed by atoms with Gasteiger partial charge in [-0.3, -0.25) is 4.90 Å². The fourth-order valence-corrected chi connectivity index (χ4v) is 3.60. The fourth-order valence-electron chi connectivity index (χ4n) is 3.14. The summed E-state index contributed by atoms with van der Waals surface area (Å²) in [5, 5.41) is 3.87. The van der Waals surface area contributed by atoms with Crippen molar-refractivity contribution in [3.63, 3.8) is 0 Å². The number of thiocarbonyl (C=S) groups is 1. The van der Waals surface area contributed by atoms with E-state index in [4.69, 9.17) is 28.6 Å². The van der Waals surface area contributed by atoms with Gasteiger partial charge in [-0.2, -0.15) is 0 Å². The van der Waals surface area contributed by atoms with Crippen molar-refractivity contribution in [2.24, 2.45) is 0 Å². The topological polar surface area (TPSA) is 27.7 Å². The molecule has 0 spiro atoms. The highest BCUT2D eigenvalue weighted by Crippen LogP contribution is 2.20. The molecule has 28 heavy (non-hydrogen) atoms. The first kappa shape index (κ1) is 21.0. The zero-order valence-electron chi connectivity index (χ0n) is 15.7. The van der Waals surface area contributed by atoms with E-state index in [0.717, 1.165) is 45.8 Å². The number of morpholine rings is 1. The Morgan fingerprint density at radius 3 is 2.64 bits per heavy atom. The summed E-state index contributed by atoms with van der Waals surface area (Å²) in [6, 6.07) is 14.8. The molecule has 2 aromatic rings. The summed E-state index contributed by atoms with van der Waals surface area (Å²) in [5.74, 6) is -0.440. The van der Waals surface area contributed by atoms with Gasteiger partial charge in [-0.1, -0.05) is 41.9 Å². The number of anilines is 1. The van der Waals surface area contributed by atoms with Gasteiger partial charge < -0.3 is 15.0 Å². The van der Waals surface area contributed by atoms with Gasteiger partial charge in [0, 0.05) is 38.4 Å². The molecule has 1 aliphatic heterocycles. The van der Waals surface area contributed by atoms with Gasteiger partial charge in [0.15, 0.2) is 5.11 Å². The molecule has 7 heteroatoms. The number of hydrogen-bond acceptors (Lipinski definition) is 3. The van der Waals surface area contributed by atoms with Crippen molar-refractivity contribution in [1.82, 2.24) is 9.80 Å². The third-order valence-corrected chi connectivity index (χ3v) is 5.33. The van der Waals surface area contributed by atoms with Gasteiger partial charge in [-0.05, 0) is 42.4 Å². The summed E-state index contributed by atoms with van der Waals surface area (Å²) in [7, 11) is 0. The van der Waals surface area contributed by atoms with E-state index in [0.29, 0.717) is 17.3 Å². The molecule has 1 fully saturated rings. The van der Waals surface area contributed by atoms with Crippen LogP contribution in [-0.2, 0) is 11.3 Å². The Bertz CT molecular complexity index is 772. The van der Waals surface area contributed by atoms with Crippen LogP contribution in [-0.4, -0.2) is 54.3 Å². The van der Waals surface area contributed by atoms with Gasteiger partial charge in [-0.25, -0.2) is 4.39 Å². The quantitative estimate of drug-likeness (QED) is 0.669. The highest BCUT2D eigenvalue weighted by Gasteiger charge is 2.14. The summed E-state index contributed by atoms with van der Waals surface area (Å²) in [6.45, 7) is 6.13. The molecule has 1 N–H and O–H groups in total. The Morgan fingerprint density at radius 1 is 1.18 bits per heavy atom. The highest BCUT2D eigenvalue weighted by atomic mass is 35.5. The molecule has 0 aromatic heterocycles. The number of hydrogen-bond donors (Lipinski definition) is 1. The molecule has 4 nitrogen and oxygen atoms in total. The van der Waals surface area contributed by atoms with Crippen LogP contribution in [0.25, 0.3) is 0 Å². The van der Waals surface area contributed by atoms with E-state index in [-0.39, 0.29) is 5.02 Å². The first-order chi connectivity index (χ1) is 13.6. The van der Waals surface area contributed by atoms with Crippen molar-refractivity contribution in [2.75, 3.05) is 44.7 Å². The smallest absolute Gasteiger partial charge is 0.173 e. The van der Waals surface area contributed by atoms with Crippen molar-refractivity contribution in [3.05, 3.63) is 64.9 Å². The number of rotatable bonds is 7. The summed E-state index contributed by atoms with van der Waals surface area (Å²) >= 11 is 11.5. The Labute approximate surface area is 176 Å². The van der Waals surface area contributed by atoms with Crippen LogP contribution in [0.5, 0.6) is 0 Å². The third-order valence-electron chi connectivity index (χ3n) is 4.68. The molecule has 0 atom stereocenters. The lowest BCUT2D eigenvalue weighted by Gasteiger charge is -2.29. The van der Waals surface area contributed by atoms with Gasteiger partial charge in [0.1, 0.15) is 5.82 Å². The van der Waals surface area contributed by atoms with Crippen LogP contribution in [0.4, 0.5) is 10.1 Å². The van der Waals surface area contributed by atoms with Gasteiger partial charge in [0.05, 0.1) is 18.2 Å². The predicted octanol–water partition coefficient (Wildman–Crippen LogP) is 4.40. The number of ether oxygens (including phenoxy) is 1. The lowest BCUT2D eigenvalue weighted by atomic mass is 10.2. The maximum absolute atomic E-state index is 13.4. The zero-order chi connectivity index (χ0) is 19.8. The molecule has 2 aromatic carbocycles. The number of halogens is 2. The summed E-state index contributed by atoms with van der Waals surface area (Å²) in [4.78, 5) is 4.56. The van der Waals surface area contributed by atoms with E-state index in [1.54, 1.807) is 12.1 Å². The largest absolute Gasteiger partial charge is 0.379 e. The second-order valence-corrected chi connectivity index (χ2v) is 7.57. The maximum atomic E-state index is 13.4. The summed E-state index contributed by atoms with van der Waals surface area (Å²) < 4.78 is 18.8. The van der Waals surface area contributed by atoms with E-state index in [2.05, 4.69) is 27.2 Å². The minimum atomic E-state index is -0.440. The maximum Gasteiger partial charge on any atom is 0.173 e. The molecule has 1 aliphatic rings. The molecule has 1 saturated heterocycles. The molecule has 3 rings (SSSR count). The van der Waals surface area contributed by atoms with Crippen molar-refractivity contribution >= 4 is 34.6 Å². The second kappa shape index (κ2) is 10.7. The van der Waals surface area contributed by atoms with Crippen LogP contribution in [0.3, 0.4) is 0 Å². The van der Waals surface area contributed by atoms with E-state index >= 15 is 0 Å². The fraction of sp³-hybridized carbons (Fsp3) is 0.381. The van der Waals surface area contributed by atoms with E-state index in [9.17, 15) is 4.39 Å². The normalized spacial score (nSPS) is 14.6. The first-order valence-electron chi connectivity index (χ1n) is 9.47. The van der Waals surface area contributed by atoms with Crippen LogP contribution in [0.1, 0.15) is 12.0 Å². The third kappa shape index (κ3) is 6.41. The molecule has 1 heterocycles. The Kier molecular flexibility index (Phi) is 8.03. The molecular weight excluding hydrogens is 397 g/mol. The molecular formula is C21H25ClFN3OS. The van der Waals surface area contributed by atoms with Gasteiger partial charge >= 0.3 is 0 Å². The lowest BCUT2D eigenvalue weighted by molar-refractivity contribution is 0.0368. The van der Waals surface area contributed by atoms with Gasteiger partial charge in [0.2, 0.25) is 0 Å². The molecule has 150 valence electrons. The molecule has 0 saturated carbocycles. The average molecular weight is 422 g/mol. The van der Waals surface area contributed by atoms with Gasteiger partial charge in [-0.15, -0.1) is 0 Å². The van der Waals surface area contributed by atoms with E-state index in [1.165, 1.54) is 11.6 Å². The number of nitrogens with one attached hydrogen (secondary N) is 1. The first-order valence-corrected chi connectivity index (χ1v) is 10.3. The van der Waals surface area contributed by atoms with E-state index in [1.807, 2.05) is 18.2 Å². The lowest BCUT2D eigenvalue weighted by Crippen LogP contribution is -2.40. The van der Waals surface area contributed by atoms with Crippen LogP contribution >= 0.6 is 23.8 Å².